The Morgan fingerprint density at radius 3 is 2.25 bits per heavy atom. The normalized spacial score (nSPS) is 13.2. The molecule has 1 unspecified atom stereocenters. The van der Waals surface area contributed by atoms with Crippen molar-refractivity contribution in [2.75, 3.05) is 13.6 Å². The van der Waals surface area contributed by atoms with Crippen LogP contribution in [0.15, 0.2) is 29.2 Å². The molecule has 0 bridgehead atoms. The second-order valence-corrected chi connectivity index (χ2v) is 6.53. The number of hydrogen-bond acceptors (Lipinski definition) is 4. The van der Waals surface area contributed by atoms with E-state index in [1.807, 2.05) is 0 Å². The van der Waals surface area contributed by atoms with Crippen molar-refractivity contribution in [3.05, 3.63) is 29.8 Å². The third-order valence-corrected chi connectivity index (χ3v) is 4.35. The van der Waals surface area contributed by atoms with Gasteiger partial charge in [0, 0.05) is 19.2 Å². The zero-order valence-electron chi connectivity index (χ0n) is 11.8. The molecule has 1 aromatic rings. The number of carbonyl (C=O) groups excluding carboxylic acids is 1. The summed E-state index contributed by atoms with van der Waals surface area (Å²) in [6.07, 6.45) is -0.741. The largest absolute Gasteiger partial charge is 0.391 e. The van der Waals surface area contributed by atoms with Gasteiger partial charge in [-0.25, -0.2) is 13.1 Å². The monoisotopic (exact) mass is 300 g/mol. The Hall–Kier alpha value is -1.44. The predicted octanol–water partition coefficient (Wildman–Crippen LogP) is 0.341. The van der Waals surface area contributed by atoms with E-state index in [0.29, 0.717) is 5.56 Å². The van der Waals surface area contributed by atoms with Gasteiger partial charge in [0.2, 0.25) is 10.0 Å². The molecular weight excluding hydrogens is 280 g/mol. The molecule has 112 valence electrons. The summed E-state index contributed by atoms with van der Waals surface area (Å²) in [5.41, 5.74) is 0.383. The van der Waals surface area contributed by atoms with E-state index in [2.05, 4.69) is 10.0 Å². The highest BCUT2D eigenvalue weighted by Gasteiger charge is 2.17. The Labute approximate surface area is 119 Å². The Balaban J connectivity index is 2.80. The number of carbonyl (C=O) groups is 1. The highest BCUT2D eigenvalue weighted by molar-refractivity contribution is 7.89. The smallest absolute Gasteiger partial charge is 0.251 e. The number of amides is 1. The molecule has 0 radical (unpaired) electrons. The molecule has 0 aromatic heterocycles. The van der Waals surface area contributed by atoms with Crippen LogP contribution in [0.25, 0.3) is 0 Å². The average Bonchev–Trinajstić information content (AvgIpc) is 2.44. The van der Waals surface area contributed by atoms with Crippen molar-refractivity contribution in [1.29, 1.82) is 0 Å². The standard InChI is InChI=1S/C13H20N2O4S/c1-9(2)12(16)8-15-20(18,19)11-6-4-10(5-7-11)13(17)14-3/h4-7,9,12,15-16H,8H2,1-3H3,(H,14,17). The van der Waals surface area contributed by atoms with Crippen LogP contribution in [-0.4, -0.2) is 39.1 Å². The topological polar surface area (TPSA) is 95.5 Å². The lowest BCUT2D eigenvalue weighted by molar-refractivity contribution is 0.0963. The van der Waals surface area contributed by atoms with Crippen molar-refractivity contribution >= 4 is 15.9 Å². The molecule has 3 N–H and O–H groups in total. The van der Waals surface area contributed by atoms with Crippen molar-refractivity contribution in [1.82, 2.24) is 10.0 Å². The minimum atomic E-state index is -3.68. The van der Waals surface area contributed by atoms with Gasteiger partial charge in [-0.3, -0.25) is 4.79 Å². The minimum absolute atomic E-state index is 0.0340. The lowest BCUT2D eigenvalue weighted by atomic mass is 10.1. The summed E-state index contributed by atoms with van der Waals surface area (Å²) < 4.78 is 26.3. The Morgan fingerprint density at radius 1 is 1.25 bits per heavy atom. The van der Waals surface area contributed by atoms with Crippen LogP contribution in [0.3, 0.4) is 0 Å². The lowest BCUT2D eigenvalue weighted by Crippen LogP contribution is -2.34. The summed E-state index contributed by atoms with van der Waals surface area (Å²) in [6.45, 7) is 3.56. The molecule has 0 saturated heterocycles. The highest BCUT2D eigenvalue weighted by Crippen LogP contribution is 2.11. The molecule has 7 heteroatoms. The molecule has 0 aliphatic heterocycles. The average molecular weight is 300 g/mol. The maximum absolute atomic E-state index is 12.0. The van der Waals surface area contributed by atoms with Crippen molar-refractivity contribution in [3.63, 3.8) is 0 Å². The maximum atomic E-state index is 12.0. The van der Waals surface area contributed by atoms with E-state index >= 15 is 0 Å². The lowest BCUT2D eigenvalue weighted by Gasteiger charge is -2.15. The van der Waals surface area contributed by atoms with Gasteiger partial charge in [-0.15, -0.1) is 0 Å². The second kappa shape index (κ2) is 6.83. The molecule has 6 nitrogen and oxygen atoms in total. The second-order valence-electron chi connectivity index (χ2n) is 4.77. The van der Waals surface area contributed by atoms with Crippen LogP contribution < -0.4 is 10.0 Å². The van der Waals surface area contributed by atoms with Crippen LogP contribution in [0, 0.1) is 5.92 Å². The number of hydrogen-bond donors (Lipinski definition) is 3. The fraction of sp³-hybridized carbons (Fsp3) is 0.462. The molecule has 1 amide bonds. The highest BCUT2D eigenvalue weighted by atomic mass is 32.2. The van der Waals surface area contributed by atoms with E-state index in [0.717, 1.165) is 0 Å². The van der Waals surface area contributed by atoms with Gasteiger partial charge in [0.15, 0.2) is 0 Å². The maximum Gasteiger partial charge on any atom is 0.251 e. The first kappa shape index (κ1) is 16.6. The molecule has 0 saturated carbocycles. The molecule has 20 heavy (non-hydrogen) atoms. The first-order chi connectivity index (χ1) is 9.27. The van der Waals surface area contributed by atoms with E-state index in [-0.39, 0.29) is 23.3 Å². The van der Waals surface area contributed by atoms with Crippen molar-refractivity contribution in [3.8, 4) is 0 Å². The van der Waals surface area contributed by atoms with Crippen molar-refractivity contribution < 1.29 is 18.3 Å². The molecule has 0 aliphatic rings. The third-order valence-electron chi connectivity index (χ3n) is 2.91. The SMILES string of the molecule is CNC(=O)c1ccc(S(=O)(=O)NCC(O)C(C)C)cc1. The molecule has 0 heterocycles. The van der Waals surface area contributed by atoms with Gasteiger partial charge in [-0.05, 0) is 30.2 Å². The minimum Gasteiger partial charge on any atom is -0.391 e. The first-order valence-electron chi connectivity index (χ1n) is 6.28. The fourth-order valence-electron chi connectivity index (χ4n) is 1.44. The van der Waals surface area contributed by atoms with Crippen LogP contribution in [0.5, 0.6) is 0 Å². The van der Waals surface area contributed by atoms with E-state index in [1.165, 1.54) is 31.3 Å². The third kappa shape index (κ3) is 4.29. The van der Waals surface area contributed by atoms with E-state index in [4.69, 9.17) is 0 Å². The first-order valence-corrected chi connectivity index (χ1v) is 7.76. The molecule has 1 aromatic carbocycles. The summed E-state index contributed by atoms with van der Waals surface area (Å²) in [5.74, 6) is -0.314. The molecule has 1 rings (SSSR count). The molecular formula is C13H20N2O4S. The van der Waals surface area contributed by atoms with Gasteiger partial charge >= 0.3 is 0 Å². The quantitative estimate of drug-likeness (QED) is 0.706. The molecule has 1 atom stereocenters. The van der Waals surface area contributed by atoms with Gasteiger partial charge in [0.25, 0.3) is 5.91 Å². The number of aliphatic hydroxyl groups is 1. The summed E-state index contributed by atoms with van der Waals surface area (Å²) in [7, 11) is -2.18. The van der Waals surface area contributed by atoms with Gasteiger partial charge in [0.05, 0.1) is 11.0 Å². The van der Waals surface area contributed by atoms with E-state index < -0.39 is 16.1 Å². The number of sulfonamides is 1. The van der Waals surface area contributed by atoms with Gasteiger partial charge in [0.1, 0.15) is 0 Å². The Kier molecular flexibility index (Phi) is 5.67. The van der Waals surface area contributed by atoms with Crippen LogP contribution in [-0.2, 0) is 10.0 Å². The van der Waals surface area contributed by atoms with Crippen LogP contribution in [0.4, 0.5) is 0 Å². The van der Waals surface area contributed by atoms with E-state index in [1.54, 1.807) is 13.8 Å². The van der Waals surface area contributed by atoms with Gasteiger partial charge in [-0.2, -0.15) is 0 Å². The summed E-state index contributed by atoms with van der Waals surface area (Å²) in [5, 5.41) is 12.1. The van der Waals surface area contributed by atoms with Crippen molar-refractivity contribution in [2.45, 2.75) is 24.8 Å². The van der Waals surface area contributed by atoms with Gasteiger partial charge in [-0.1, -0.05) is 13.8 Å². The summed E-state index contributed by atoms with van der Waals surface area (Å²) >= 11 is 0. The number of aliphatic hydroxyl groups excluding tert-OH is 1. The van der Waals surface area contributed by atoms with Crippen LogP contribution in [0.2, 0.25) is 0 Å². The Bertz CT molecular complexity index is 552. The Morgan fingerprint density at radius 2 is 1.80 bits per heavy atom. The molecule has 0 fully saturated rings. The summed E-state index contributed by atoms with van der Waals surface area (Å²) in [6, 6.07) is 5.59. The fourth-order valence-corrected chi connectivity index (χ4v) is 2.50. The van der Waals surface area contributed by atoms with Gasteiger partial charge < -0.3 is 10.4 Å². The van der Waals surface area contributed by atoms with Crippen molar-refractivity contribution in [2.24, 2.45) is 5.92 Å². The van der Waals surface area contributed by atoms with E-state index in [9.17, 15) is 18.3 Å². The molecule has 0 spiro atoms. The zero-order valence-corrected chi connectivity index (χ0v) is 12.6. The number of nitrogens with one attached hydrogen (secondary N) is 2. The summed E-state index contributed by atoms with van der Waals surface area (Å²) in [4.78, 5) is 11.4. The molecule has 0 aliphatic carbocycles. The van der Waals surface area contributed by atoms with Crippen LogP contribution >= 0.6 is 0 Å². The number of benzene rings is 1. The number of rotatable bonds is 6. The van der Waals surface area contributed by atoms with Crippen LogP contribution in [0.1, 0.15) is 24.2 Å². The predicted molar refractivity (Wildman–Crippen MR) is 75.9 cm³/mol. The zero-order chi connectivity index (χ0) is 15.3.